The molecule has 0 aliphatic carbocycles. The van der Waals surface area contributed by atoms with Crippen LogP contribution in [0.15, 0.2) is 6.07 Å². The molecule has 0 saturated heterocycles. The predicted molar refractivity (Wildman–Crippen MR) is 48.5 cm³/mol. The Morgan fingerprint density at radius 1 is 1.57 bits per heavy atom. The van der Waals surface area contributed by atoms with E-state index in [0.29, 0.717) is 6.07 Å². The van der Waals surface area contributed by atoms with E-state index < -0.39 is 28.5 Å². The van der Waals surface area contributed by atoms with E-state index in [2.05, 4.69) is 4.98 Å². The fourth-order valence-corrected chi connectivity index (χ4v) is 1.32. The second kappa shape index (κ2) is 4.07. The summed E-state index contributed by atoms with van der Waals surface area (Å²) in [6, 6.07) is 0.495. The maximum atomic E-state index is 12.7. The fourth-order valence-electron chi connectivity index (χ4n) is 0.755. The highest BCUT2D eigenvalue weighted by Gasteiger charge is 2.22. The monoisotopic (exact) mass is 318 g/mol. The van der Waals surface area contributed by atoms with Crippen molar-refractivity contribution in [2.24, 2.45) is 0 Å². The first-order chi connectivity index (χ1) is 6.43. The molecule has 14 heavy (non-hydrogen) atoms. The highest BCUT2D eigenvalue weighted by molar-refractivity contribution is 14.1. The van der Waals surface area contributed by atoms with E-state index in [1.54, 1.807) is 0 Å². The Kier molecular flexibility index (Phi) is 3.24. The number of rotatable bonds is 2. The maximum Gasteiger partial charge on any atom is 0.301 e. The molecule has 1 rings (SSSR count). The number of alkyl halides is 2. The zero-order valence-corrected chi connectivity index (χ0v) is 8.53. The number of hydrogen-bond acceptors (Lipinski definition) is 3. The van der Waals surface area contributed by atoms with Gasteiger partial charge < -0.3 is 0 Å². The second-order valence-electron chi connectivity index (χ2n) is 2.24. The van der Waals surface area contributed by atoms with Crippen molar-refractivity contribution in [1.29, 1.82) is 0 Å². The largest absolute Gasteiger partial charge is 0.301 e. The molecule has 0 aliphatic heterocycles. The molecular weight excluding hydrogens is 316 g/mol. The van der Waals surface area contributed by atoms with Crippen molar-refractivity contribution in [3.8, 4) is 0 Å². The third-order valence-electron chi connectivity index (χ3n) is 1.37. The highest BCUT2D eigenvalue weighted by Crippen LogP contribution is 2.27. The summed E-state index contributed by atoms with van der Waals surface area (Å²) in [5.41, 5.74) is -1.68. The van der Waals surface area contributed by atoms with Gasteiger partial charge in [0.25, 0.3) is 6.43 Å². The van der Waals surface area contributed by atoms with Gasteiger partial charge >= 0.3 is 5.69 Å². The lowest BCUT2D eigenvalue weighted by molar-refractivity contribution is -0.386. The van der Waals surface area contributed by atoms with E-state index >= 15 is 0 Å². The zero-order valence-electron chi connectivity index (χ0n) is 6.38. The zero-order chi connectivity index (χ0) is 10.9. The van der Waals surface area contributed by atoms with Crippen LogP contribution in [0.2, 0.25) is 0 Å². The van der Waals surface area contributed by atoms with Crippen LogP contribution in [0.1, 0.15) is 12.0 Å². The van der Waals surface area contributed by atoms with Crippen LogP contribution in [0.4, 0.5) is 18.9 Å². The molecule has 0 radical (unpaired) electrons. The van der Waals surface area contributed by atoms with Gasteiger partial charge in [-0.1, -0.05) is 0 Å². The molecule has 0 unspecified atom stereocenters. The molecule has 0 bridgehead atoms. The molecule has 0 N–H and O–H groups in total. The van der Waals surface area contributed by atoms with Crippen molar-refractivity contribution < 1.29 is 18.1 Å². The third-order valence-corrected chi connectivity index (χ3v) is 2.16. The molecule has 0 spiro atoms. The van der Waals surface area contributed by atoms with Crippen LogP contribution in [0.3, 0.4) is 0 Å². The van der Waals surface area contributed by atoms with Crippen molar-refractivity contribution in [3.05, 3.63) is 31.4 Å². The lowest BCUT2D eigenvalue weighted by Gasteiger charge is -2.01. The van der Waals surface area contributed by atoms with Gasteiger partial charge in [0.2, 0.25) is 5.95 Å². The van der Waals surface area contributed by atoms with Crippen LogP contribution in [-0.2, 0) is 0 Å². The van der Waals surface area contributed by atoms with Gasteiger partial charge in [-0.05, 0) is 22.6 Å². The number of nitro groups is 1. The van der Waals surface area contributed by atoms with E-state index in [1.807, 2.05) is 0 Å². The van der Waals surface area contributed by atoms with Crippen LogP contribution < -0.4 is 0 Å². The van der Waals surface area contributed by atoms with Crippen LogP contribution in [0.25, 0.3) is 0 Å². The smallest absolute Gasteiger partial charge is 0.258 e. The Hall–Kier alpha value is -0.930. The molecule has 0 amide bonds. The Labute approximate surface area is 89.4 Å². The summed E-state index contributed by atoms with van der Waals surface area (Å²) in [6.07, 6.45) is -3.11. The van der Waals surface area contributed by atoms with Crippen LogP contribution in [0.5, 0.6) is 0 Å². The first-order valence-corrected chi connectivity index (χ1v) is 4.30. The Morgan fingerprint density at radius 3 is 2.57 bits per heavy atom. The lowest BCUT2D eigenvalue weighted by Crippen LogP contribution is -2.01. The number of halogens is 4. The SMILES string of the molecule is O=[N+]([O-])c1cc(C(F)F)c(F)nc1I. The molecule has 0 fully saturated rings. The standard InChI is InChI=1S/C6H2F3IN2O2/c7-4(8)2-1-3(12(13)14)6(10)11-5(2)9/h1,4H. The van der Waals surface area contributed by atoms with E-state index in [1.165, 1.54) is 22.6 Å². The number of nitrogens with zero attached hydrogens (tertiary/aromatic N) is 2. The van der Waals surface area contributed by atoms with Gasteiger partial charge in [-0.3, -0.25) is 10.1 Å². The summed E-state index contributed by atoms with van der Waals surface area (Å²) < 4.78 is 36.7. The summed E-state index contributed by atoms with van der Waals surface area (Å²) in [7, 11) is 0. The molecule has 1 aromatic rings. The minimum absolute atomic E-state index is 0.255. The molecule has 1 heterocycles. The molecule has 0 aromatic carbocycles. The van der Waals surface area contributed by atoms with Gasteiger partial charge in [0, 0.05) is 6.07 Å². The van der Waals surface area contributed by atoms with Crippen molar-refractivity contribution in [1.82, 2.24) is 4.98 Å². The number of hydrogen-bond donors (Lipinski definition) is 0. The highest BCUT2D eigenvalue weighted by atomic mass is 127. The molecule has 76 valence electrons. The molecular formula is C6H2F3IN2O2. The second-order valence-corrected chi connectivity index (χ2v) is 3.26. The first-order valence-electron chi connectivity index (χ1n) is 3.22. The van der Waals surface area contributed by atoms with Gasteiger partial charge in [0.15, 0.2) is 3.70 Å². The molecule has 0 saturated carbocycles. The minimum Gasteiger partial charge on any atom is -0.258 e. The summed E-state index contributed by atoms with van der Waals surface area (Å²) in [4.78, 5) is 12.4. The lowest BCUT2D eigenvalue weighted by atomic mass is 10.2. The van der Waals surface area contributed by atoms with Gasteiger partial charge in [0.05, 0.1) is 10.5 Å². The fraction of sp³-hybridized carbons (Fsp3) is 0.167. The minimum atomic E-state index is -3.11. The molecule has 1 aromatic heterocycles. The summed E-state index contributed by atoms with van der Waals surface area (Å²) in [5.74, 6) is -1.38. The van der Waals surface area contributed by atoms with Crippen molar-refractivity contribution in [3.63, 3.8) is 0 Å². The molecule has 8 heteroatoms. The molecule has 0 atom stereocenters. The summed E-state index contributed by atoms with van der Waals surface area (Å²) >= 11 is 1.40. The van der Waals surface area contributed by atoms with E-state index in [0.717, 1.165) is 0 Å². The van der Waals surface area contributed by atoms with Gasteiger partial charge in [-0.15, -0.1) is 0 Å². The summed E-state index contributed by atoms with van der Waals surface area (Å²) in [5, 5.41) is 10.3. The topological polar surface area (TPSA) is 56.0 Å². The van der Waals surface area contributed by atoms with Crippen LogP contribution in [0, 0.1) is 19.8 Å². The Morgan fingerprint density at radius 2 is 2.14 bits per heavy atom. The van der Waals surface area contributed by atoms with E-state index in [9.17, 15) is 23.3 Å². The van der Waals surface area contributed by atoms with Gasteiger partial charge in [-0.2, -0.15) is 4.39 Å². The Balaban J connectivity index is 3.34. The summed E-state index contributed by atoms with van der Waals surface area (Å²) in [6.45, 7) is 0. The van der Waals surface area contributed by atoms with E-state index in [-0.39, 0.29) is 3.70 Å². The number of aromatic nitrogens is 1. The quantitative estimate of drug-likeness (QED) is 0.365. The van der Waals surface area contributed by atoms with E-state index in [4.69, 9.17) is 0 Å². The van der Waals surface area contributed by atoms with Gasteiger partial charge in [0.1, 0.15) is 0 Å². The predicted octanol–water partition coefficient (Wildman–Crippen LogP) is 2.67. The van der Waals surface area contributed by atoms with Crippen LogP contribution >= 0.6 is 22.6 Å². The van der Waals surface area contributed by atoms with Crippen molar-refractivity contribution >= 4 is 28.3 Å². The normalized spacial score (nSPS) is 10.6. The Bertz CT molecular complexity index is 386. The number of pyridine rings is 1. The molecule has 0 aliphatic rings. The third kappa shape index (κ3) is 2.11. The van der Waals surface area contributed by atoms with Gasteiger partial charge in [-0.25, -0.2) is 13.8 Å². The van der Waals surface area contributed by atoms with Crippen molar-refractivity contribution in [2.45, 2.75) is 6.43 Å². The van der Waals surface area contributed by atoms with Crippen molar-refractivity contribution in [2.75, 3.05) is 0 Å². The first kappa shape index (κ1) is 11.1. The van der Waals surface area contributed by atoms with Crippen LogP contribution in [-0.4, -0.2) is 9.91 Å². The maximum absolute atomic E-state index is 12.7. The average Bonchev–Trinajstić information content (AvgIpc) is 2.02. The molecule has 4 nitrogen and oxygen atoms in total. The average molecular weight is 318 g/mol.